The smallest absolute Gasteiger partial charge is 0.169 e. The van der Waals surface area contributed by atoms with Crippen molar-refractivity contribution in [2.75, 3.05) is 0 Å². The average molecular weight is 283 g/mol. The van der Waals surface area contributed by atoms with Gasteiger partial charge in [0, 0.05) is 21.2 Å². The van der Waals surface area contributed by atoms with Gasteiger partial charge in [-0.15, -0.1) is 0 Å². The molecule has 0 amide bonds. The van der Waals surface area contributed by atoms with Crippen LogP contribution in [-0.2, 0) is 4.18 Å². The summed E-state index contributed by atoms with van der Waals surface area (Å²) in [7, 11) is 1.28. The van der Waals surface area contributed by atoms with E-state index in [2.05, 4.69) is 27.3 Å². The number of halogens is 1. The average Bonchev–Trinajstić information content (AvgIpc) is 2.07. The first kappa shape index (κ1) is 9.62. The highest BCUT2D eigenvalue weighted by Gasteiger charge is 2.33. The minimum absolute atomic E-state index is 0.468. The van der Waals surface area contributed by atoms with Crippen LogP contribution in [0.1, 0.15) is 32.1 Å². The molecule has 0 spiro atoms. The molecule has 0 aromatic rings. The molecule has 0 atom stereocenters. The van der Waals surface area contributed by atoms with Gasteiger partial charge in [0.2, 0.25) is 0 Å². The molecule has 2 nitrogen and oxygen atoms in total. The van der Waals surface area contributed by atoms with Crippen LogP contribution in [0.3, 0.4) is 0 Å². The summed E-state index contributed by atoms with van der Waals surface area (Å²) in [5, 5.41) is 8.88. The van der Waals surface area contributed by atoms with Crippen molar-refractivity contribution in [3.05, 3.63) is 0 Å². The lowest BCUT2D eigenvalue weighted by Gasteiger charge is -2.28. The Morgan fingerprint density at radius 3 is 2.45 bits per heavy atom. The van der Waals surface area contributed by atoms with Gasteiger partial charge in [-0.05, 0) is 25.7 Å². The van der Waals surface area contributed by atoms with Crippen LogP contribution in [0.25, 0.3) is 0 Å². The van der Waals surface area contributed by atoms with Crippen molar-refractivity contribution in [1.29, 1.82) is 5.26 Å². The summed E-state index contributed by atoms with van der Waals surface area (Å²) in [5.41, 5.74) is -0.468. The lowest BCUT2D eigenvalue weighted by molar-refractivity contribution is 0.114. The van der Waals surface area contributed by atoms with Crippen molar-refractivity contribution < 1.29 is 4.18 Å². The minimum Gasteiger partial charge on any atom is -0.283 e. The lowest BCUT2D eigenvalue weighted by Crippen LogP contribution is -2.30. The quantitative estimate of drug-likeness (QED) is 0.576. The van der Waals surface area contributed by atoms with Crippen molar-refractivity contribution in [2.45, 2.75) is 37.7 Å². The standard InChI is InChI=1S/C7H10INOS/c8-11-10-7(6-9)4-2-1-3-5-7/h1-5H2. The lowest BCUT2D eigenvalue weighted by atomic mass is 9.86. The van der Waals surface area contributed by atoms with E-state index in [1.165, 1.54) is 15.6 Å². The fourth-order valence-corrected chi connectivity index (χ4v) is 2.75. The van der Waals surface area contributed by atoms with Gasteiger partial charge in [0.15, 0.2) is 5.60 Å². The van der Waals surface area contributed by atoms with E-state index in [4.69, 9.17) is 9.44 Å². The predicted octanol–water partition coefficient (Wildman–Crippen LogP) is 3.23. The largest absolute Gasteiger partial charge is 0.283 e. The van der Waals surface area contributed by atoms with E-state index in [1.807, 2.05) is 0 Å². The van der Waals surface area contributed by atoms with Crippen LogP contribution in [0.4, 0.5) is 0 Å². The van der Waals surface area contributed by atoms with Crippen molar-refractivity contribution in [2.24, 2.45) is 0 Å². The van der Waals surface area contributed by atoms with Crippen LogP contribution in [0, 0.1) is 11.3 Å². The summed E-state index contributed by atoms with van der Waals surface area (Å²) >= 11 is 2.07. The number of rotatable bonds is 2. The van der Waals surface area contributed by atoms with Crippen molar-refractivity contribution in [3.8, 4) is 6.07 Å². The first-order chi connectivity index (χ1) is 5.33. The van der Waals surface area contributed by atoms with Gasteiger partial charge in [-0.1, -0.05) is 6.42 Å². The van der Waals surface area contributed by atoms with Crippen molar-refractivity contribution in [1.82, 2.24) is 0 Å². The Morgan fingerprint density at radius 2 is 2.00 bits per heavy atom. The molecule has 1 aliphatic carbocycles. The first-order valence-electron chi connectivity index (χ1n) is 3.71. The molecule has 4 heteroatoms. The monoisotopic (exact) mass is 283 g/mol. The van der Waals surface area contributed by atoms with Gasteiger partial charge < -0.3 is 0 Å². The molecule has 0 aliphatic heterocycles. The molecular weight excluding hydrogens is 273 g/mol. The maximum Gasteiger partial charge on any atom is 0.169 e. The second-order valence-electron chi connectivity index (χ2n) is 2.81. The van der Waals surface area contributed by atoms with E-state index >= 15 is 0 Å². The third kappa shape index (κ3) is 2.49. The second kappa shape index (κ2) is 4.53. The molecule has 0 aromatic carbocycles. The Kier molecular flexibility index (Phi) is 3.96. The van der Waals surface area contributed by atoms with Crippen LogP contribution in [0.2, 0.25) is 0 Å². The van der Waals surface area contributed by atoms with Crippen LogP contribution >= 0.6 is 30.4 Å². The van der Waals surface area contributed by atoms with Gasteiger partial charge in [0.05, 0.1) is 15.3 Å². The highest BCUT2D eigenvalue weighted by atomic mass is 127. The SMILES string of the molecule is N#CC1(OSI)CCCCC1. The predicted molar refractivity (Wildman–Crippen MR) is 54.1 cm³/mol. The zero-order valence-electron chi connectivity index (χ0n) is 6.18. The summed E-state index contributed by atoms with van der Waals surface area (Å²) in [6.07, 6.45) is 5.31. The topological polar surface area (TPSA) is 33.0 Å². The highest BCUT2D eigenvalue weighted by molar-refractivity contribution is 14.2. The second-order valence-corrected chi connectivity index (χ2v) is 4.18. The molecule has 0 unspecified atom stereocenters. The first-order valence-corrected chi connectivity index (χ1v) is 6.99. The molecular formula is C7H10INOS. The van der Waals surface area contributed by atoms with Gasteiger partial charge in [0.25, 0.3) is 0 Å². The van der Waals surface area contributed by atoms with Crippen LogP contribution in [-0.4, -0.2) is 5.60 Å². The van der Waals surface area contributed by atoms with E-state index in [1.54, 1.807) is 0 Å². The molecule has 62 valence electrons. The number of nitriles is 1. The molecule has 1 aliphatic rings. The van der Waals surface area contributed by atoms with E-state index < -0.39 is 5.60 Å². The van der Waals surface area contributed by atoms with Gasteiger partial charge in [-0.3, -0.25) is 4.18 Å². The Morgan fingerprint density at radius 1 is 1.36 bits per heavy atom. The minimum atomic E-state index is -0.468. The van der Waals surface area contributed by atoms with Gasteiger partial charge in [0.1, 0.15) is 0 Å². The maximum atomic E-state index is 8.88. The maximum absolute atomic E-state index is 8.88. The molecule has 1 rings (SSSR count). The molecule has 1 fully saturated rings. The number of hydrogen-bond acceptors (Lipinski definition) is 3. The Bertz CT molecular complexity index is 157. The normalized spacial score (nSPS) is 22.5. The fraction of sp³-hybridized carbons (Fsp3) is 0.857. The summed E-state index contributed by atoms with van der Waals surface area (Å²) < 4.78 is 5.36. The molecule has 11 heavy (non-hydrogen) atoms. The Labute approximate surface area is 83.5 Å². The summed E-state index contributed by atoms with van der Waals surface area (Å²) in [6.45, 7) is 0. The molecule has 0 saturated heterocycles. The van der Waals surface area contributed by atoms with Gasteiger partial charge in [-0.25, -0.2) is 0 Å². The summed E-state index contributed by atoms with van der Waals surface area (Å²) in [5.74, 6) is 0. The van der Waals surface area contributed by atoms with Gasteiger partial charge >= 0.3 is 0 Å². The van der Waals surface area contributed by atoms with Crippen molar-refractivity contribution >= 4 is 30.4 Å². The van der Waals surface area contributed by atoms with E-state index in [-0.39, 0.29) is 0 Å². The van der Waals surface area contributed by atoms with Crippen LogP contribution < -0.4 is 0 Å². The Hall–Kier alpha value is 0.530. The highest BCUT2D eigenvalue weighted by Crippen LogP contribution is 2.35. The summed E-state index contributed by atoms with van der Waals surface area (Å²) in [6, 6.07) is 2.27. The van der Waals surface area contributed by atoms with Gasteiger partial charge in [-0.2, -0.15) is 5.26 Å². The summed E-state index contributed by atoms with van der Waals surface area (Å²) in [4.78, 5) is 0. The zero-order valence-corrected chi connectivity index (χ0v) is 9.15. The fourth-order valence-electron chi connectivity index (χ4n) is 1.40. The Balaban J connectivity index is 2.51. The zero-order chi connectivity index (χ0) is 8.16. The third-order valence-corrected chi connectivity index (χ3v) is 2.98. The molecule has 0 aromatic heterocycles. The number of nitrogens with zero attached hydrogens (tertiary/aromatic N) is 1. The van der Waals surface area contributed by atoms with Crippen LogP contribution in [0.5, 0.6) is 0 Å². The van der Waals surface area contributed by atoms with E-state index in [0.717, 1.165) is 25.7 Å². The molecule has 1 saturated carbocycles. The third-order valence-electron chi connectivity index (χ3n) is 2.06. The van der Waals surface area contributed by atoms with Crippen molar-refractivity contribution in [3.63, 3.8) is 0 Å². The molecule has 0 N–H and O–H groups in total. The van der Waals surface area contributed by atoms with E-state index in [9.17, 15) is 0 Å². The molecule has 0 bridgehead atoms. The number of hydrogen-bond donors (Lipinski definition) is 0. The molecule has 0 radical (unpaired) electrons. The van der Waals surface area contributed by atoms with Crippen LogP contribution in [0.15, 0.2) is 0 Å². The molecule has 0 heterocycles. The van der Waals surface area contributed by atoms with E-state index in [0.29, 0.717) is 0 Å².